The van der Waals surface area contributed by atoms with Gasteiger partial charge in [0.2, 0.25) is 5.89 Å². The van der Waals surface area contributed by atoms with E-state index in [2.05, 4.69) is 5.10 Å². The highest BCUT2D eigenvalue weighted by Gasteiger charge is 2.10. The number of aromatic nitrogens is 2. The number of hydrogen-bond acceptors (Lipinski definition) is 4. The first kappa shape index (κ1) is 14.6. The second kappa shape index (κ2) is 6.19. The van der Waals surface area contributed by atoms with E-state index in [9.17, 15) is 9.18 Å². The summed E-state index contributed by atoms with van der Waals surface area (Å²) in [5, 5.41) is 4.16. The zero-order valence-electron chi connectivity index (χ0n) is 11.8. The van der Waals surface area contributed by atoms with Crippen LogP contribution in [0.1, 0.15) is 5.56 Å². The molecule has 0 unspecified atom stereocenters. The SMILES string of the molecule is CSc1ccc(Cn2nc(-c3ccc(F)cc3)oc2=O)cc1. The molecule has 0 N–H and O–H groups in total. The van der Waals surface area contributed by atoms with Gasteiger partial charge in [-0.3, -0.25) is 0 Å². The minimum atomic E-state index is -0.534. The van der Waals surface area contributed by atoms with Crippen molar-refractivity contribution in [3.63, 3.8) is 0 Å². The van der Waals surface area contributed by atoms with Crippen molar-refractivity contribution in [1.82, 2.24) is 9.78 Å². The molecule has 3 aromatic rings. The molecule has 0 radical (unpaired) electrons. The first-order valence-electron chi connectivity index (χ1n) is 6.62. The van der Waals surface area contributed by atoms with Gasteiger partial charge in [0.25, 0.3) is 0 Å². The van der Waals surface area contributed by atoms with Crippen molar-refractivity contribution in [1.29, 1.82) is 0 Å². The van der Waals surface area contributed by atoms with Crippen molar-refractivity contribution in [3.8, 4) is 11.5 Å². The molecular weight excluding hydrogens is 303 g/mol. The van der Waals surface area contributed by atoms with Crippen molar-refractivity contribution in [2.45, 2.75) is 11.4 Å². The van der Waals surface area contributed by atoms with Gasteiger partial charge in [0.05, 0.1) is 6.54 Å². The van der Waals surface area contributed by atoms with Crippen molar-refractivity contribution < 1.29 is 8.81 Å². The van der Waals surface area contributed by atoms with Gasteiger partial charge in [-0.15, -0.1) is 16.9 Å². The predicted octanol–water partition coefficient (Wildman–Crippen LogP) is 3.41. The standard InChI is InChI=1S/C16H13FN2O2S/c1-22-14-8-2-11(3-9-14)10-19-16(20)21-15(18-19)12-4-6-13(17)7-5-12/h2-9H,10H2,1H3. The van der Waals surface area contributed by atoms with Crippen LogP contribution in [0, 0.1) is 5.82 Å². The van der Waals surface area contributed by atoms with Gasteiger partial charge >= 0.3 is 5.76 Å². The fourth-order valence-corrected chi connectivity index (χ4v) is 2.43. The summed E-state index contributed by atoms with van der Waals surface area (Å²) in [4.78, 5) is 13.0. The summed E-state index contributed by atoms with van der Waals surface area (Å²) in [7, 11) is 0. The van der Waals surface area contributed by atoms with E-state index in [0.717, 1.165) is 10.5 Å². The molecule has 3 rings (SSSR count). The molecule has 0 atom stereocenters. The zero-order valence-corrected chi connectivity index (χ0v) is 12.6. The van der Waals surface area contributed by atoms with Gasteiger partial charge in [-0.25, -0.2) is 9.18 Å². The van der Waals surface area contributed by atoms with E-state index in [1.807, 2.05) is 30.5 Å². The molecule has 0 spiro atoms. The van der Waals surface area contributed by atoms with Gasteiger partial charge in [0.1, 0.15) is 5.82 Å². The maximum atomic E-state index is 12.9. The Hall–Kier alpha value is -2.34. The molecule has 1 heterocycles. The Morgan fingerprint density at radius 3 is 2.45 bits per heavy atom. The Balaban J connectivity index is 1.85. The lowest BCUT2D eigenvalue weighted by Crippen LogP contribution is -2.16. The molecule has 4 nitrogen and oxygen atoms in total. The van der Waals surface area contributed by atoms with Crippen LogP contribution in [0.2, 0.25) is 0 Å². The largest absolute Gasteiger partial charge is 0.437 e. The number of hydrogen-bond donors (Lipinski definition) is 0. The number of halogens is 1. The van der Waals surface area contributed by atoms with Crippen LogP contribution >= 0.6 is 11.8 Å². The molecule has 0 aliphatic rings. The molecule has 6 heteroatoms. The molecule has 0 bridgehead atoms. The van der Waals surface area contributed by atoms with E-state index in [4.69, 9.17) is 4.42 Å². The lowest BCUT2D eigenvalue weighted by atomic mass is 10.2. The normalized spacial score (nSPS) is 10.8. The first-order chi connectivity index (χ1) is 10.7. The monoisotopic (exact) mass is 316 g/mol. The lowest BCUT2D eigenvalue weighted by molar-refractivity contribution is 0.495. The third-order valence-electron chi connectivity index (χ3n) is 3.19. The maximum Gasteiger partial charge on any atom is 0.437 e. The van der Waals surface area contributed by atoms with Crippen LogP contribution in [-0.2, 0) is 6.54 Å². The zero-order chi connectivity index (χ0) is 15.5. The quantitative estimate of drug-likeness (QED) is 0.692. The molecule has 1 aromatic heterocycles. The van der Waals surface area contributed by atoms with Crippen molar-refractivity contribution in [2.75, 3.05) is 6.26 Å². The Morgan fingerprint density at radius 2 is 1.82 bits per heavy atom. The molecule has 0 saturated heterocycles. The summed E-state index contributed by atoms with van der Waals surface area (Å²) in [5.74, 6) is -0.696. The molecule has 112 valence electrons. The highest BCUT2D eigenvalue weighted by Crippen LogP contribution is 2.17. The fraction of sp³-hybridized carbons (Fsp3) is 0.125. The van der Waals surface area contributed by atoms with Gasteiger partial charge in [-0.05, 0) is 48.2 Å². The highest BCUT2D eigenvalue weighted by molar-refractivity contribution is 7.98. The predicted molar refractivity (Wildman–Crippen MR) is 83.5 cm³/mol. The Kier molecular flexibility index (Phi) is 4.11. The van der Waals surface area contributed by atoms with E-state index >= 15 is 0 Å². The molecule has 0 aliphatic heterocycles. The number of nitrogens with zero attached hydrogens (tertiary/aromatic N) is 2. The summed E-state index contributed by atoms with van der Waals surface area (Å²) in [6.07, 6.45) is 2.01. The Morgan fingerprint density at radius 1 is 1.14 bits per heavy atom. The topological polar surface area (TPSA) is 48.0 Å². The Bertz CT molecular complexity index is 823. The van der Waals surface area contributed by atoms with Crippen molar-refractivity contribution >= 4 is 11.8 Å². The van der Waals surface area contributed by atoms with Crippen LogP contribution in [0.25, 0.3) is 11.5 Å². The second-order valence-electron chi connectivity index (χ2n) is 4.69. The Labute approximate surface area is 130 Å². The van der Waals surface area contributed by atoms with Crippen LogP contribution in [0.15, 0.2) is 62.6 Å². The third kappa shape index (κ3) is 3.12. The first-order valence-corrected chi connectivity index (χ1v) is 7.85. The average Bonchev–Trinajstić information content (AvgIpc) is 2.90. The van der Waals surface area contributed by atoms with E-state index in [1.54, 1.807) is 11.8 Å². The third-order valence-corrected chi connectivity index (χ3v) is 3.93. The van der Waals surface area contributed by atoms with E-state index in [0.29, 0.717) is 12.1 Å². The van der Waals surface area contributed by atoms with Gasteiger partial charge in [-0.2, -0.15) is 4.68 Å². The summed E-state index contributed by atoms with van der Waals surface area (Å²) in [6.45, 7) is 0.332. The van der Waals surface area contributed by atoms with Crippen molar-refractivity contribution in [3.05, 3.63) is 70.5 Å². The summed E-state index contributed by atoms with van der Waals surface area (Å²) in [5.41, 5.74) is 1.52. The number of thioether (sulfide) groups is 1. The van der Waals surface area contributed by atoms with E-state index < -0.39 is 5.76 Å². The second-order valence-corrected chi connectivity index (χ2v) is 5.57. The van der Waals surface area contributed by atoms with Crippen LogP contribution in [-0.4, -0.2) is 16.0 Å². The molecule has 0 fully saturated rings. The van der Waals surface area contributed by atoms with Gasteiger partial charge < -0.3 is 4.42 Å². The van der Waals surface area contributed by atoms with Crippen LogP contribution in [0.4, 0.5) is 4.39 Å². The molecule has 0 aliphatic carbocycles. The summed E-state index contributed by atoms with van der Waals surface area (Å²) in [6, 6.07) is 13.5. The smallest absolute Gasteiger partial charge is 0.388 e. The van der Waals surface area contributed by atoms with Crippen LogP contribution in [0.3, 0.4) is 0 Å². The number of benzene rings is 2. The minimum absolute atomic E-state index is 0.186. The average molecular weight is 316 g/mol. The lowest BCUT2D eigenvalue weighted by Gasteiger charge is -2.01. The molecule has 0 amide bonds. The van der Waals surface area contributed by atoms with Crippen LogP contribution < -0.4 is 5.76 Å². The van der Waals surface area contributed by atoms with Gasteiger partial charge in [0, 0.05) is 10.5 Å². The summed E-state index contributed by atoms with van der Waals surface area (Å²) < 4.78 is 19.3. The molecule has 2 aromatic carbocycles. The molecule has 22 heavy (non-hydrogen) atoms. The van der Waals surface area contributed by atoms with Crippen molar-refractivity contribution in [2.24, 2.45) is 0 Å². The van der Waals surface area contributed by atoms with Crippen LogP contribution in [0.5, 0.6) is 0 Å². The van der Waals surface area contributed by atoms with Gasteiger partial charge in [0.15, 0.2) is 0 Å². The number of rotatable bonds is 4. The molecule has 0 saturated carbocycles. The minimum Gasteiger partial charge on any atom is -0.388 e. The van der Waals surface area contributed by atoms with Gasteiger partial charge in [-0.1, -0.05) is 12.1 Å². The van der Waals surface area contributed by atoms with E-state index in [-0.39, 0.29) is 11.7 Å². The maximum absolute atomic E-state index is 12.9. The molecular formula is C16H13FN2O2S. The van der Waals surface area contributed by atoms with E-state index in [1.165, 1.54) is 28.9 Å². The highest BCUT2D eigenvalue weighted by atomic mass is 32.2. The summed E-state index contributed by atoms with van der Waals surface area (Å²) >= 11 is 1.66. The fourth-order valence-electron chi connectivity index (χ4n) is 2.02.